The van der Waals surface area contributed by atoms with Crippen LogP contribution in [0.4, 0.5) is 22.7 Å². The van der Waals surface area contributed by atoms with E-state index in [0.29, 0.717) is 0 Å². The van der Waals surface area contributed by atoms with E-state index in [1.807, 2.05) is 11.3 Å². The van der Waals surface area contributed by atoms with Crippen LogP contribution in [-0.2, 0) is 5.41 Å². The number of thiophene rings is 1. The Labute approximate surface area is 281 Å². The monoisotopic (exact) mass is 622 g/mol. The van der Waals surface area contributed by atoms with Gasteiger partial charge in [-0.3, -0.25) is 0 Å². The van der Waals surface area contributed by atoms with E-state index in [1.54, 1.807) is 11.0 Å². The molecule has 1 saturated carbocycles. The third-order valence-corrected chi connectivity index (χ3v) is 12.4. The van der Waals surface area contributed by atoms with Gasteiger partial charge in [0.25, 0.3) is 0 Å². The average Bonchev–Trinajstić information content (AvgIpc) is 3.82. The molecule has 0 amide bonds. The molecule has 0 atom stereocenters. The second-order valence-corrected chi connectivity index (χ2v) is 14.7. The van der Waals surface area contributed by atoms with Gasteiger partial charge >= 0.3 is 0 Å². The molecule has 2 nitrogen and oxygen atoms in total. The van der Waals surface area contributed by atoms with E-state index in [2.05, 4.69) is 151 Å². The van der Waals surface area contributed by atoms with Crippen LogP contribution in [0.15, 0.2) is 139 Å². The standard InChI is InChI=1S/C43H35BN2S/c1-3-4-15-28(2)45-36-21-14-22-37-40(36)44(34-19-9-10-20-35(34)46(37)29-16-6-5-7-17-29)42-41(45)32-26-31-30-18-8-11-23-38(30)47-39(31)27-33(32)43(42)24-12-13-25-43/h3-11,14-23,26-27H,12-13,24-25H2,1-2H3/b4-3-,28-15+. The minimum atomic E-state index is 0.0195. The third-order valence-electron chi connectivity index (χ3n) is 11.2. The summed E-state index contributed by atoms with van der Waals surface area (Å²) in [5.74, 6) is 0. The highest BCUT2D eigenvalue weighted by atomic mass is 32.1. The van der Waals surface area contributed by atoms with Gasteiger partial charge in [0.15, 0.2) is 0 Å². The van der Waals surface area contributed by atoms with Gasteiger partial charge in [-0.25, -0.2) is 0 Å². The molecule has 3 heterocycles. The first-order valence-electron chi connectivity index (χ1n) is 17.1. The van der Waals surface area contributed by atoms with Gasteiger partial charge < -0.3 is 9.80 Å². The zero-order valence-electron chi connectivity index (χ0n) is 26.8. The molecular weight excluding hydrogens is 587 g/mol. The van der Waals surface area contributed by atoms with Crippen molar-refractivity contribution in [3.05, 3.63) is 150 Å². The van der Waals surface area contributed by atoms with Crippen molar-refractivity contribution in [3.63, 3.8) is 0 Å². The minimum absolute atomic E-state index is 0.0195. The summed E-state index contributed by atoms with van der Waals surface area (Å²) in [5.41, 5.74) is 15.3. The molecule has 6 aromatic rings. The predicted octanol–water partition coefficient (Wildman–Crippen LogP) is 10.5. The number of nitrogens with zero attached hydrogens (tertiary/aromatic N) is 2. The van der Waals surface area contributed by atoms with Crippen molar-refractivity contribution in [2.45, 2.75) is 44.9 Å². The van der Waals surface area contributed by atoms with Crippen molar-refractivity contribution in [1.82, 2.24) is 0 Å². The van der Waals surface area contributed by atoms with Crippen molar-refractivity contribution in [3.8, 4) is 0 Å². The Kier molecular flexibility index (Phi) is 5.87. The Balaban J connectivity index is 1.34. The lowest BCUT2D eigenvalue weighted by molar-refractivity contribution is 0.554. The molecular formula is C43H35BN2S. The van der Waals surface area contributed by atoms with Crippen molar-refractivity contribution in [2.24, 2.45) is 0 Å². The summed E-state index contributed by atoms with van der Waals surface area (Å²) in [7, 11) is 0. The second-order valence-electron chi connectivity index (χ2n) is 13.6. The molecule has 5 aromatic carbocycles. The van der Waals surface area contributed by atoms with Gasteiger partial charge in [0.05, 0.1) is 0 Å². The van der Waals surface area contributed by atoms with Crippen LogP contribution in [0.3, 0.4) is 0 Å². The summed E-state index contributed by atoms with van der Waals surface area (Å²) in [5, 5.41) is 2.76. The van der Waals surface area contributed by atoms with Gasteiger partial charge in [0.2, 0.25) is 6.71 Å². The molecule has 4 heteroatoms. The number of hydrogen-bond acceptors (Lipinski definition) is 3. The zero-order valence-corrected chi connectivity index (χ0v) is 27.6. The normalized spacial score (nSPS) is 17.7. The molecule has 1 spiro atoms. The Bertz CT molecular complexity index is 2350. The molecule has 1 aromatic heterocycles. The molecule has 226 valence electrons. The lowest BCUT2D eigenvalue weighted by Crippen LogP contribution is -2.58. The van der Waals surface area contributed by atoms with Crippen LogP contribution < -0.4 is 20.7 Å². The molecule has 4 aliphatic rings. The molecule has 0 saturated heterocycles. The van der Waals surface area contributed by atoms with Gasteiger partial charge in [-0.2, -0.15) is 0 Å². The second kappa shape index (κ2) is 10.1. The fourth-order valence-electron chi connectivity index (χ4n) is 9.45. The van der Waals surface area contributed by atoms with E-state index in [0.717, 1.165) is 0 Å². The Morgan fingerprint density at radius 2 is 1.51 bits per heavy atom. The molecule has 0 radical (unpaired) electrons. The van der Waals surface area contributed by atoms with E-state index < -0.39 is 0 Å². The highest BCUT2D eigenvalue weighted by molar-refractivity contribution is 7.25. The molecule has 2 aliphatic carbocycles. The number of rotatable bonds is 3. The van der Waals surface area contributed by atoms with Gasteiger partial charge in [-0.1, -0.05) is 91.1 Å². The molecule has 0 unspecified atom stereocenters. The molecule has 2 aliphatic heterocycles. The minimum Gasteiger partial charge on any atom is -0.315 e. The van der Waals surface area contributed by atoms with Gasteiger partial charge in [0, 0.05) is 65.3 Å². The fourth-order valence-corrected chi connectivity index (χ4v) is 10.6. The molecule has 1 fully saturated rings. The summed E-state index contributed by atoms with van der Waals surface area (Å²) in [6.45, 7) is 4.60. The maximum absolute atomic E-state index is 2.63. The summed E-state index contributed by atoms with van der Waals surface area (Å²) >= 11 is 1.96. The maximum Gasteiger partial charge on any atom is 0.248 e. The summed E-state index contributed by atoms with van der Waals surface area (Å²) in [4.78, 5) is 5.14. The zero-order chi connectivity index (χ0) is 31.3. The lowest BCUT2D eigenvalue weighted by Gasteiger charge is -2.46. The average molecular weight is 623 g/mol. The highest BCUT2D eigenvalue weighted by Gasteiger charge is 2.56. The summed E-state index contributed by atoms with van der Waals surface area (Å²) in [6, 6.07) is 41.3. The van der Waals surface area contributed by atoms with Crippen LogP contribution >= 0.6 is 11.3 Å². The number of para-hydroxylation sites is 2. The fraction of sp³-hybridized carbons (Fsp3) is 0.163. The van der Waals surface area contributed by atoms with Crippen LogP contribution in [0.1, 0.15) is 50.7 Å². The van der Waals surface area contributed by atoms with Crippen molar-refractivity contribution < 1.29 is 0 Å². The highest BCUT2D eigenvalue weighted by Crippen LogP contribution is 2.61. The number of fused-ring (bicyclic) bond motifs is 10. The first kappa shape index (κ1) is 27.3. The quantitative estimate of drug-likeness (QED) is 0.143. The Morgan fingerprint density at radius 3 is 2.36 bits per heavy atom. The van der Waals surface area contributed by atoms with E-state index in [9.17, 15) is 0 Å². The Hall–Kier alpha value is -4.80. The van der Waals surface area contributed by atoms with Crippen LogP contribution in [0.2, 0.25) is 0 Å². The van der Waals surface area contributed by atoms with Crippen LogP contribution in [-0.4, -0.2) is 6.71 Å². The number of anilines is 4. The van der Waals surface area contributed by atoms with Crippen LogP contribution in [0, 0.1) is 0 Å². The molecule has 47 heavy (non-hydrogen) atoms. The number of benzene rings is 5. The Morgan fingerprint density at radius 1 is 0.766 bits per heavy atom. The van der Waals surface area contributed by atoms with Gasteiger partial charge in [-0.15, -0.1) is 11.3 Å². The smallest absolute Gasteiger partial charge is 0.248 e. The van der Waals surface area contributed by atoms with Gasteiger partial charge in [0.1, 0.15) is 0 Å². The molecule has 0 N–H and O–H groups in total. The maximum atomic E-state index is 2.63. The lowest BCUT2D eigenvalue weighted by atomic mass is 9.30. The SMILES string of the molecule is C/C=C\C=C(/C)N1C2=C(B3c4ccccc4N(c4ccccc4)c4cccc1c43)C1(CCCC1)c1cc3sc4ccccc4c3cc12. The van der Waals surface area contributed by atoms with Crippen molar-refractivity contribution in [1.29, 1.82) is 0 Å². The number of allylic oxidation sites excluding steroid dienone is 5. The van der Waals surface area contributed by atoms with E-state index in [1.165, 1.54) is 96.5 Å². The predicted molar refractivity (Wildman–Crippen MR) is 204 cm³/mol. The van der Waals surface area contributed by atoms with Crippen molar-refractivity contribution >= 4 is 77.6 Å². The van der Waals surface area contributed by atoms with E-state index in [-0.39, 0.29) is 12.1 Å². The first-order chi connectivity index (χ1) is 23.2. The summed E-state index contributed by atoms with van der Waals surface area (Å²) < 4.78 is 2.80. The third kappa shape index (κ3) is 3.62. The number of hydrogen-bond donors (Lipinski definition) is 0. The summed E-state index contributed by atoms with van der Waals surface area (Å²) in [6.07, 6.45) is 11.6. The van der Waals surface area contributed by atoms with Crippen molar-refractivity contribution in [2.75, 3.05) is 9.80 Å². The van der Waals surface area contributed by atoms with E-state index >= 15 is 0 Å². The topological polar surface area (TPSA) is 6.48 Å². The van der Waals surface area contributed by atoms with Crippen LogP contribution in [0.5, 0.6) is 0 Å². The van der Waals surface area contributed by atoms with Crippen LogP contribution in [0.25, 0.3) is 25.9 Å². The van der Waals surface area contributed by atoms with E-state index in [4.69, 9.17) is 0 Å². The van der Waals surface area contributed by atoms with Gasteiger partial charge in [-0.05, 0) is 97.8 Å². The first-order valence-corrected chi connectivity index (χ1v) is 17.9. The molecule has 10 rings (SSSR count). The molecule has 0 bridgehead atoms. The largest absolute Gasteiger partial charge is 0.315 e.